The molecule has 118 valence electrons. The Morgan fingerprint density at radius 3 is 2.65 bits per heavy atom. The van der Waals surface area contributed by atoms with Crippen LogP contribution in [0, 0.1) is 0 Å². The van der Waals surface area contributed by atoms with E-state index in [2.05, 4.69) is 23.6 Å². The van der Waals surface area contributed by atoms with Crippen LogP contribution in [0.2, 0.25) is 0 Å². The molecule has 20 heavy (non-hydrogen) atoms. The van der Waals surface area contributed by atoms with E-state index in [4.69, 9.17) is 21.1 Å². The second kappa shape index (κ2) is 8.54. The fourth-order valence-corrected chi connectivity index (χ4v) is 3.17. The molecule has 1 atom stereocenters. The van der Waals surface area contributed by atoms with Crippen LogP contribution in [0.15, 0.2) is 0 Å². The quantitative estimate of drug-likeness (QED) is 0.699. The van der Waals surface area contributed by atoms with Gasteiger partial charge >= 0.3 is 0 Å². The van der Waals surface area contributed by atoms with Crippen molar-refractivity contribution in [1.82, 2.24) is 9.80 Å². The van der Waals surface area contributed by atoms with Gasteiger partial charge in [0, 0.05) is 44.6 Å². The van der Waals surface area contributed by atoms with Crippen molar-refractivity contribution in [2.75, 3.05) is 51.8 Å². The number of halogens is 1. The van der Waals surface area contributed by atoms with Crippen LogP contribution in [-0.4, -0.2) is 79.9 Å². The summed E-state index contributed by atoms with van der Waals surface area (Å²) in [5.41, 5.74) is 0. The van der Waals surface area contributed by atoms with E-state index in [1.165, 1.54) is 0 Å². The number of ether oxygens (including phenoxy) is 2. The van der Waals surface area contributed by atoms with Gasteiger partial charge < -0.3 is 14.4 Å². The Hall–Kier alpha value is 0.130. The van der Waals surface area contributed by atoms with Crippen LogP contribution in [-0.2, 0) is 9.47 Å². The first-order valence-electron chi connectivity index (χ1n) is 7.94. The van der Waals surface area contributed by atoms with Crippen molar-refractivity contribution in [2.24, 2.45) is 0 Å². The summed E-state index contributed by atoms with van der Waals surface area (Å²) in [6.45, 7) is 11.5. The lowest BCUT2D eigenvalue weighted by molar-refractivity contribution is -0.0610. The summed E-state index contributed by atoms with van der Waals surface area (Å²) in [6.07, 6.45) is 3.02. The monoisotopic (exact) mass is 304 g/mol. The van der Waals surface area contributed by atoms with Gasteiger partial charge in [-0.15, -0.1) is 11.6 Å². The molecule has 0 radical (unpaired) electrons. The van der Waals surface area contributed by atoms with Crippen LogP contribution in [0.1, 0.15) is 26.7 Å². The van der Waals surface area contributed by atoms with Crippen molar-refractivity contribution in [1.29, 1.82) is 0 Å². The molecule has 0 bridgehead atoms. The van der Waals surface area contributed by atoms with Gasteiger partial charge in [0.15, 0.2) is 0 Å². The first-order valence-corrected chi connectivity index (χ1v) is 8.48. The van der Waals surface area contributed by atoms with Crippen LogP contribution >= 0.6 is 11.6 Å². The number of alkyl halides is 1. The highest BCUT2D eigenvalue weighted by atomic mass is 35.5. The highest BCUT2D eigenvalue weighted by Gasteiger charge is 2.26. The minimum absolute atomic E-state index is 0.367. The molecule has 5 heteroatoms. The summed E-state index contributed by atoms with van der Waals surface area (Å²) in [5.74, 6) is 0.598. The number of likely N-dealkylation sites (tertiary alicyclic amines) is 1. The molecule has 0 N–H and O–H groups in total. The SMILES string of the molecule is CC(C)N1CCOC(CN2CCC(OCCCl)CC2)C1. The lowest BCUT2D eigenvalue weighted by Crippen LogP contribution is -2.51. The van der Waals surface area contributed by atoms with E-state index in [1.54, 1.807) is 0 Å². The zero-order chi connectivity index (χ0) is 14.4. The Labute approximate surface area is 128 Å². The molecule has 0 amide bonds. The molecule has 2 fully saturated rings. The molecule has 2 aliphatic rings. The van der Waals surface area contributed by atoms with Crippen LogP contribution in [0.3, 0.4) is 0 Å². The second-order valence-electron chi connectivity index (χ2n) is 6.14. The molecular weight excluding hydrogens is 276 g/mol. The van der Waals surface area contributed by atoms with Crippen molar-refractivity contribution in [3.05, 3.63) is 0 Å². The molecule has 0 aromatic carbocycles. The van der Waals surface area contributed by atoms with Crippen molar-refractivity contribution >= 4 is 11.6 Å². The summed E-state index contributed by atoms with van der Waals surface area (Å²) in [4.78, 5) is 5.04. The molecule has 2 heterocycles. The minimum Gasteiger partial charge on any atom is -0.377 e. The summed E-state index contributed by atoms with van der Waals surface area (Å²) in [7, 11) is 0. The van der Waals surface area contributed by atoms with E-state index in [0.717, 1.165) is 52.2 Å². The van der Waals surface area contributed by atoms with Gasteiger partial charge in [-0.05, 0) is 26.7 Å². The maximum atomic E-state index is 5.92. The summed E-state index contributed by atoms with van der Waals surface area (Å²) < 4.78 is 11.6. The summed E-state index contributed by atoms with van der Waals surface area (Å²) >= 11 is 5.66. The average Bonchev–Trinajstić information content (AvgIpc) is 2.47. The third kappa shape index (κ3) is 5.15. The number of morpholine rings is 1. The lowest BCUT2D eigenvalue weighted by Gasteiger charge is -2.39. The third-order valence-corrected chi connectivity index (χ3v) is 4.48. The Kier molecular flexibility index (Phi) is 7.05. The largest absolute Gasteiger partial charge is 0.377 e. The highest BCUT2D eigenvalue weighted by Crippen LogP contribution is 2.16. The number of rotatable bonds is 6. The number of piperidine rings is 1. The number of nitrogens with zero attached hydrogens (tertiary/aromatic N) is 2. The molecule has 1 unspecified atom stereocenters. The van der Waals surface area contributed by atoms with Crippen molar-refractivity contribution in [2.45, 2.75) is 44.9 Å². The predicted octanol–water partition coefficient (Wildman–Crippen LogP) is 1.82. The van der Waals surface area contributed by atoms with Crippen molar-refractivity contribution in [3.63, 3.8) is 0 Å². The molecule has 0 aliphatic carbocycles. The Morgan fingerprint density at radius 1 is 1.25 bits per heavy atom. The van der Waals surface area contributed by atoms with E-state index in [1.807, 2.05) is 0 Å². The van der Waals surface area contributed by atoms with E-state index < -0.39 is 0 Å². The summed E-state index contributed by atoms with van der Waals surface area (Å²) in [6, 6.07) is 0.621. The Bertz CT molecular complexity index is 271. The van der Waals surface area contributed by atoms with Crippen LogP contribution in [0.25, 0.3) is 0 Å². The first kappa shape index (κ1) is 16.5. The highest BCUT2D eigenvalue weighted by molar-refractivity contribution is 6.17. The van der Waals surface area contributed by atoms with Gasteiger partial charge in [0.2, 0.25) is 0 Å². The van der Waals surface area contributed by atoms with E-state index in [9.17, 15) is 0 Å². The van der Waals surface area contributed by atoms with Crippen molar-refractivity contribution < 1.29 is 9.47 Å². The van der Waals surface area contributed by atoms with Crippen LogP contribution < -0.4 is 0 Å². The maximum absolute atomic E-state index is 5.92. The van der Waals surface area contributed by atoms with E-state index >= 15 is 0 Å². The van der Waals surface area contributed by atoms with Gasteiger partial charge in [0.05, 0.1) is 25.4 Å². The number of hydrogen-bond acceptors (Lipinski definition) is 4. The van der Waals surface area contributed by atoms with Gasteiger partial charge in [-0.3, -0.25) is 4.90 Å². The molecule has 2 rings (SSSR count). The molecule has 0 spiro atoms. The molecular formula is C15H29ClN2O2. The zero-order valence-electron chi connectivity index (χ0n) is 12.9. The van der Waals surface area contributed by atoms with Gasteiger partial charge in [-0.25, -0.2) is 0 Å². The van der Waals surface area contributed by atoms with Crippen LogP contribution in [0.5, 0.6) is 0 Å². The maximum Gasteiger partial charge on any atom is 0.0829 e. The molecule has 0 aromatic rings. The fourth-order valence-electron chi connectivity index (χ4n) is 3.08. The van der Waals surface area contributed by atoms with Crippen molar-refractivity contribution in [3.8, 4) is 0 Å². The lowest BCUT2D eigenvalue weighted by atomic mass is 10.1. The molecule has 2 aliphatic heterocycles. The zero-order valence-corrected chi connectivity index (χ0v) is 13.6. The molecule has 0 saturated carbocycles. The third-order valence-electron chi connectivity index (χ3n) is 4.33. The standard InChI is InChI=1S/C15H29ClN2O2/c1-13(2)18-8-10-20-15(12-18)11-17-6-3-14(4-7-17)19-9-5-16/h13-15H,3-12H2,1-2H3. The predicted molar refractivity (Wildman–Crippen MR) is 82.6 cm³/mol. The normalized spacial score (nSPS) is 27.3. The number of hydrogen-bond donors (Lipinski definition) is 0. The Morgan fingerprint density at radius 2 is 2.00 bits per heavy atom. The minimum atomic E-state index is 0.367. The topological polar surface area (TPSA) is 24.9 Å². The molecule has 4 nitrogen and oxygen atoms in total. The molecule has 0 aromatic heterocycles. The van der Waals surface area contributed by atoms with Gasteiger partial charge in [0.25, 0.3) is 0 Å². The smallest absolute Gasteiger partial charge is 0.0829 e. The fraction of sp³-hybridized carbons (Fsp3) is 1.00. The Balaban J connectivity index is 1.67. The van der Waals surface area contributed by atoms with Gasteiger partial charge in [-0.2, -0.15) is 0 Å². The van der Waals surface area contributed by atoms with Gasteiger partial charge in [-0.1, -0.05) is 0 Å². The first-order chi connectivity index (χ1) is 9.69. The average molecular weight is 305 g/mol. The molecule has 2 saturated heterocycles. The summed E-state index contributed by atoms with van der Waals surface area (Å²) in [5, 5.41) is 0. The van der Waals surface area contributed by atoms with Gasteiger partial charge in [0.1, 0.15) is 0 Å². The second-order valence-corrected chi connectivity index (χ2v) is 6.52. The van der Waals surface area contributed by atoms with E-state index in [-0.39, 0.29) is 0 Å². The van der Waals surface area contributed by atoms with E-state index in [0.29, 0.717) is 30.7 Å². The van der Waals surface area contributed by atoms with Crippen LogP contribution in [0.4, 0.5) is 0 Å².